The molecule has 0 bridgehead atoms. The molecule has 1 N–H and O–H groups in total. The van der Waals surface area contributed by atoms with Gasteiger partial charge in [-0.05, 0) is 42.8 Å². The second-order valence-electron chi connectivity index (χ2n) is 5.97. The van der Waals surface area contributed by atoms with Crippen molar-refractivity contribution in [1.82, 2.24) is 4.57 Å². The minimum Gasteiger partial charge on any atom is -0.505 e. The molecule has 140 valence electrons. The second kappa shape index (κ2) is 6.53. The molecule has 0 unspecified atom stereocenters. The van der Waals surface area contributed by atoms with Crippen molar-refractivity contribution in [3.8, 4) is 5.75 Å². The van der Waals surface area contributed by atoms with E-state index in [-0.39, 0.29) is 17.5 Å². The van der Waals surface area contributed by atoms with Gasteiger partial charge in [0.05, 0.1) is 11.1 Å². The maximum Gasteiger partial charge on any atom is 0.416 e. The number of fused-ring (bicyclic) bond motifs is 1. The first kappa shape index (κ1) is 18.6. The van der Waals surface area contributed by atoms with Gasteiger partial charge >= 0.3 is 6.18 Å². The molecule has 0 aliphatic rings. The van der Waals surface area contributed by atoms with E-state index >= 15 is 0 Å². The molecule has 1 heterocycles. The largest absolute Gasteiger partial charge is 0.505 e. The van der Waals surface area contributed by atoms with Gasteiger partial charge in [0.1, 0.15) is 6.29 Å². The first-order chi connectivity index (χ1) is 12.6. The molecule has 3 rings (SSSR count). The summed E-state index contributed by atoms with van der Waals surface area (Å²) in [5.74, 6) is -2.26. The number of aromatic hydroxyl groups is 1. The van der Waals surface area contributed by atoms with Crippen LogP contribution in [-0.4, -0.2) is 21.9 Å². The smallest absolute Gasteiger partial charge is 0.416 e. The summed E-state index contributed by atoms with van der Waals surface area (Å²) >= 11 is 0. The SMILES string of the molecule is Cc1c(CC=O)c2cc(O)c(F)cc2n1C(=O)c1ccc(C(F)(F)F)cc1. The number of rotatable bonds is 3. The molecule has 0 aliphatic carbocycles. The number of benzene rings is 2. The number of aromatic nitrogens is 1. The van der Waals surface area contributed by atoms with Crippen molar-refractivity contribution in [2.45, 2.75) is 19.5 Å². The van der Waals surface area contributed by atoms with Crippen molar-refractivity contribution in [3.05, 3.63) is 64.6 Å². The molecule has 0 saturated heterocycles. The van der Waals surface area contributed by atoms with Gasteiger partial charge in [-0.1, -0.05) is 0 Å². The van der Waals surface area contributed by atoms with Crippen LogP contribution >= 0.6 is 0 Å². The summed E-state index contributed by atoms with van der Waals surface area (Å²) < 4.78 is 53.1. The number of carbonyl (C=O) groups is 2. The van der Waals surface area contributed by atoms with Crippen LogP contribution in [0, 0.1) is 12.7 Å². The number of aldehydes is 1. The van der Waals surface area contributed by atoms with Crippen molar-refractivity contribution in [3.63, 3.8) is 0 Å². The van der Waals surface area contributed by atoms with Gasteiger partial charge in [0.2, 0.25) is 0 Å². The molecular formula is C19H13F4NO3. The van der Waals surface area contributed by atoms with Gasteiger partial charge in [-0.3, -0.25) is 9.36 Å². The zero-order valence-corrected chi connectivity index (χ0v) is 14.0. The molecule has 8 heteroatoms. The highest BCUT2D eigenvalue weighted by atomic mass is 19.4. The molecule has 0 amide bonds. The fourth-order valence-electron chi connectivity index (χ4n) is 3.02. The van der Waals surface area contributed by atoms with Gasteiger partial charge in [0.25, 0.3) is 5.91 Å². The zero-order valence-electron chi connectivity index (χ0n) is 14.0. The van der Waals surface area contributed by atoms with Crippen molar-refractivity contribution in [2.75, 3.05) is 0 Å². The number of phenols is 1. The third-order valence-electron chi connectivity index (χ3n) is 4.35. The summed E-state index contributed by atoms with van der Waals surface area (Å²) in [4.78, 5) is 23.8. The number of alkyl halides is 3. The Morgan fingerprint density at radius 1 is 1.19 bits per heavy atom. The Balaban J connectivity index is 2.18. The molecule has 2 aromatic carbocycles. The molecule has 27 heavy (non-hydrogen) atoms. The number of phenolic OH excluding ortho intramolecular Hbond substituents is 1. The lowest BCUT2D eigenvalue weighted by Gasteiger charge is -2.10. The van der Waals surface area contributed by atoms with Crippen LogP contribution in [0.2, 0.25) is 0 Å². The van der Waals surface area contributed by atoms with E-state index in [9.17, 15) is 32.3 Å². The van der Waals surface area contributed by atoms with Crippen LogP contribution < -0.4 is 0 Å². The second-order valence-corrected chi connectivity index (χ2v) is 5.97. The Morgan fingerprint density at radius 2 is 1.81 bits per heavy atom. The molecule has 0 aliphatic heterocycles. The highest BCUT2D eigenvalue weighted by Gasteiger charge is 2.30. The predicted molar refractivity (Wildman–Crippen MR) is 89.2 cm³/mol. The van der Waals surface area contributed by atoms with Crippen molar-refractivity contribution in [2.24, 2.45) is 0 Å². The fourth-order valence-corrected chi connectivity index (χ4v) is 3.02. The molecule has 1 aromatic heterocycles. The lowest BCUT2D eigenvalue weighted by atomic mass is 10.1. The number of nitrogens with zero attached hydrogens (tertiary/aromatic N) is 1. The highest BCUT2D eigenvalue weighted by Crippen LogP contribution is 2.33. The molecule has 0 fully saturated rings. The average molecular weight is 379 g/mol. The zero-order chi connectivity index (χ0) is 19.9. The van der Waals surface area contributed by atoms with Gasteiger partial charge in [0, 0.05) is 29.1 Å². The maximum atomic E-state index is 13.8. The van der Waals surface area contributed by atoms with Crippen LogP contribution in [0.5, 0.6) is 5.75 Å². The van der Waals surface area contributed by atoms with Gasteiger partial charge in [-0.25, -0.2) is 4.39 Å². The van der Waals surface area contributed by atoms with Crippen LogP contribution in [0.1, 0.15) is 27.2 Å². The summed E-state index contributed by atoms with van der Waals surface area (Å²) in [7, 11) is 0. The molecule has 4 nitrogen and oxygen atoms in total. The number of hydrogen-bond donors (Lipinski definition) is 1. The van der Waals surface area contributed by atoms with E-state index in [2.05, 4.69) is 0 Å². The minimum absolute atomic E-state index is 0.0332. The predicted octanol–water partition coefficient (Wildman–Crippen LogP) is 4.24. The quantitative estimate of drug-likeness (QED) is 0.547. The topological polar surface area (TPSA) is 59.3 Å². The molecule has 0 saturated carbocycles. The summed E-state index contributed by atoms with van der Waals surface area (Å²) in [6.45, 7) is 1.54. The van der Waals surface area contributed by atoms with Crippen molar-refractivity contribution < 1.29 is 32.3 Å². The van der Waals surface area contributed by atoms with Crippen LogP contribution in [0.4, 0.5) is 17.6 Å². The number of carbonyl (C=O) groups excluding carboxylic acids is 2. The first-order valence-electron chi connectivity index (χ1n) is 7.83. The lowest BCUT2D eigenvalue weighted by Crippen LogP contribution is -2.14. The highest BCUT2D eigenvalue weighted by molar-refractivity contribution is 6.04. The Hall–Kier alpha value is -3.16. The minimum atomic E-state index is -4.53. The van der Waals surface area contributed by atoms with E-state index in [1.807, 2.05) is 0 Å². The first-order valence-corrected chi connectivity index (χ1v) is 7.83. The number of hydrogen-bond acceptors (Lipinski definition) is 3. The van der Waals surface area contributed by atoms with E-state index in [4.69, 9.17) is 0 Å². The third-order valence-corrected chi connectivity index (χ3v) is 4.35. The molecule has 0 spiro atoms. The van der Waals surface area contributed by atoms with E-state index in [0.29, 0.717) is 22.9 Å². The summed E-state index contributed by atoms with van der Waals surface area (Å²) in [5.41, 5.74) is -0.0491. The van der Waals surface area contributed by atoms with Crippen LogP contribution in [0.25, 0.3) is 10.9 Å². The average Bonchev–Trinajstić information content (AvgIpc) is 2.86. The van der Waals surface area contributed by atoms with Gasteiger partial charge in [-0.2, -0.15) is 13.2 Å². The van der Waals surface area contributed by atoms with E-state index in [1.54, 1.807) is 0 Å². The third kappa shape index (κ3) is 3.18. The molecule has 0 atom stereocenters. The Morgan fingerprint density at radius 3 is 2.37 bits per heavy atom. The summed E-state index contributed by atoms with van der Waals surface area (Å²) in [6, 6.07) is 5.71. The van der Waals surface area contributed by atoms with Crippen LogP contribution in [-0.2, 0) is 17.4 Å². The Labute approximate surface area is 150 Å². The standard InChI is InChI=1S/C19H13F4NO3/c1-10-13(6-7-25)14-8-17(26)15(20)9-16(14)24(10)18(27)11-2-4-12(5-3-11)19(21,22)23/h2-5,7-9,26H,6H2,1H3. The van der Waals surface area contributed by atoms with E-state index < -0.39 is 29.2 Å². The lowest BCUT2D eigenvalue weighted by molar-refractivity contribution is -0.137. The maximum absolute atomic E-state index is 13.8. The van der Waals surface area contributed by atoms with Crippen molar-refractivity contribution in [1.29, 1.82) is 0 Å². The monoisotopic (exact) mass is 379 g/mol. The van der Waals surface area contributed by atoms with Crippen LogP contribution in [0.15, 0.2) is 36.4 Å². The van der Waals surface area contributed by atoms with Gasteiger partial charge < -0.3 is 9.90 Å². The van der Waals surface area contributed by atoms with Crippen LogP contribution in [0.3, 0.4) is 0 Å². The molecular weight excluding hydrogens is 366 g/mol. The van der Waals surface area contributed by atoms with Gasteiger partial charge in [0.15, 0.2) is 11.6 Å². The summed E-state index contributed by atoms with van der Waals surface area (Å²) in [5, 5.41) is 9.93. The van der Waals surface area contributed by atoms with Crippen molar-refractivity contribution >= 4 is 23.1 Å². The Bertz CT molecular complexity index is 1050. The number of halogens is 4. The summed E-state index contributed by atoms with van der Waals surface area (Å²) in [6.07, 6.45) is -3.99. The Kier molecular flexibility index (Phi) is 4.51. The molecule has 0 radical (unpaired) electrons. The fraction of sp³-hybridized carbons (Fsp3) is 0.158. The van der Waals surface area contributed by atoms with E-state index in [0.717, 1.165) is 41.0 Å². The normalized spacial score (nSPS) is 11.7. The molecule has 3 aromatic rings. The van der Waals surface area contributed by atoms with E-state index in [1.165, 1.54) is 6.92 Å². The van der Waals surface area contributed by atoms with Gasteiger partial charge in [-0.15, -0.1) is 0 Å².